The Morgan fingerprint density at radius 1 is 0.974 bits per heavy atom. The number of rotatable bonds is 9. The minimum atomic E-state index is -5.08. The van der Waals surface area contributed by atoms with Crippen molar-refractivity contribution in [2.24, 2.45) is 0 Å². The van der Waals surface area contributed by atoms with Crippen molar-refractivity contribution in [3.05, 3.63) is 71.4 Å². The van der Waals surface area contributed by atoms with E-state index in [1.165, 1.54) is 23.9 Å². The highest BCUT2D eigenvalue weighted by Crippen LogP contribution is 2.32. The Hall–Kier alpha value is -4.03. The second-order valence-electron chi connectivity index (χ2n) is 8.00. The number of amides is 1. The van der Waals surface area contributed by atoms with E-state index in [0.717, 1.165) is 30.8 Å². The number of carbonyl (C=O) groups excluding carboxylic acids is 1. The molecular weight excluding hydrogens is 520 g/mol. The molecule has 0 spiro atoms. The molecule has 0 aliphatic heterocycles. The van der Waals surface area contributed by atoms with Crippen LogP contribution in [-0.4, -0.2) is 41.4 Å². The van der Waals surface area contributed by atoms with Gasteiger partial charge in [0.05, 0.1) is 11.8 Å². The summed E-state index contributed by atoms with van der Waals surface area (Å²) in [5, 5.41) is 17.1. The van der Waals surface area contributed by atoms with E-state index < -0.39 is 23.9 Å². The topological polar surface area (TPSA) is 104 Å². The van der Waals surface area contributed by atoms with E-state index in [4.69, 9.17) is 14.4 Å². The minimum Gasteiger partial charge on any atom is -0.475 e. The van der Waals surface area contributed by atoms with Crippen LogP contribution < -0.4 is 10.6 Å². The lowest BCUT2D eigenvalue weighted by Gasteiger charge is -2.10. The van der Waals surface area contributed by atoms with Gasteiger partial charge < -0.3 is 20.3 Å². The van der Waals surface area contributed by atoms with Crippen LogP contribution in [-0.2, 0) is 22.2 Å². The fraction of sp³-hybridized carbons (Fsp3) is 0.320. The van der Waals surface area contributed by atoms with Crippen molar-refractivity contribution in [2.75, 3.05) is 18.4 Å². The zero-order valence-corrected chi connectivity index (χ0v) is 20.1. The number of para-hydroxylation sites is 1. The van der Waals surface area contributed by atoms with E-state index >= 15 is 0 Å². The first-order chi connectivity index (χ1) is 17.8. The number of aryl methyl sites for hydroxylation is 2. The summed E-state index contributed by atoms with van der Waals surface area (Å²) < 4.78 is 75.1. The fourth-order valence-electron chi connectivity index (χ4n) is 3.13. The highest BCUT2D eigenvalue weighted by Gasteiger charge is 2.38. The number of hydrogen-bond donors (Lipinski definition) is 3. The number of nitrogens with zero attached hydrogens (tertiary/aromatic N) is 1. The summed E-state index contributed by atoms with van der Waals surface area (Å²) in [5.74, 6) is -2.48. The quantitative estimate of drug-likeness (QED) is 0.230. The normalized spacial score (nSPS) is 11.3. The largest absolute Gasteiger partial charge is 0.490 e. The Balaban J connectivity index is 0.000000638. The van der Waals surface area contributed by atoms with Crippen LogP contribution in [0.4, 0.5) is 32.0 Å². The molecule has 3 rings (SSSR count). The fourth-order valence-corrected chi connectivity index (χ4v) is 3.13. The Bertz CT molecular complexity index is 1190. The van der Waals surface area contributed by atoms with Crippen molar-refractivity contribution in [1.82, 2.24) is 10.5 Å². The third-order valence-electron chi connectivity index (χ3n) is 5.12. The standard InChI is InChI=1S/C23H24F3N3O2.C2HF3O2/c1-16-5-2-3-6-20(16)27-13-4-14-28-21(30)12-9-18-15-29-31-22(18)17-7-10-19(11-8-17)23(24,25)26;3-2(4,5)1(6)7/h2-3,5-8,10-11,15,27H,4,9,12-14H2,1H3,(H,28,30);(H,6,7). The van der Waals surface area contributed by atoms with Crippen molar-refractivity contribution in [3.8, 4) is 11.3 Å². The van der Waals surface area contributed by atoms with E-state index in [1.54, 1.807) is 0 Å². The van der Waals surface area contributed by atoms with Crippen LogP contribution in [0.25, 0.3) is 11.3 Å². The first-order valence-corrected chi connectivity index (χ1v) is 11.3. The van der Waals surface area contributed by atoms with Gasteiger partial charge in [0.2, 0.25) is 5.91 Å². The predicted octanol–water partition coefficient (Wildman–Crippen LogP) is 5.85. The molecule has 3 aromatic rings. The Kier molecular flexibility index (Phi) is 10.7. The van der Waals surface area contributed by atoms with E-state index in [9.17, 15) is 31.1 Å². The second-order valence-corrected chi connectivity index (χ2v) is 8.00. The number of carboxylic acids is 1. The lowest BCUT2D eigenvalue weighted by atomic mass is 10.0. The molecule has 0 unspecified atom stereocenters. The van der Waals surface area contributed by atoms with Gasteiger partial charge in [0, 0.05) is 36.3 Å². The molecule has 0 radical (unpaired) electrons. The van der Waals surface area contributed by atoms with Gasteiger partial charge in [-0.3, -0.25) is 4.79 Å². The van der Waals surface area contributed by atoms with Crippen molar-refractivity contribution >= 4 is 17.6 Å². The van der Waals surface area contributed by atoms with Crippen molar-refractivity contribution < 1.29 is 45.6 Å². The molecule has 0 saturated heterocycles. The number of halogens is 6. The maximum absolute atomic E-state index is 12.7. The molecule has 3 N–H and O–H groups in total. The van der Waals surface area contributed by atoms with Gasteiger partial charge in [0.15, 0.2) is 5.76 Å². The van der Waals surface area contributed by atoms with Gasteiger partial charge in [-0.2, -0.15) is 26.3 Å². The summed E-state index contributed by atoms with van der Waals surface area (Å²) in [6.07, 6.45) is -6.58. The maximum Gasteiger partial charge on any atom is 0.490 e. The molecule has 38 heavy (non-hydrogen) atoms. The maximum atomic E-state index is 12.7. The molecular formula is C25H25F6N3O4. The van der Waals surface area contributed by atoms with Gasteiger partial charge in [0.25, 0.3) is 0 Å². The van der Waals surface area contributed by atoms with E-state index in [0.29, 0.717) is 29.9 Å². The van der Waals surface area contributed by atoms with Crippen molar-refractivity contribution in [1.29, 1.82) is 0 Å². The van der Waals surface area contributed by atoms with Gasteiger partial charge in [-0.1, -0.05) is 35.5 Å². The predicted molar refractivity (Wildman–Crippen MR) is 126 cm³/mol. The van der Waals surface area contributed by atoms with E-state index in [-0.39, 0.29) is 12.3 Å². The van der Waals surface area contributed by atoms with Crippen LogP contribution in [0.3, 0.4) is 0 Å². The van der Waals surface area contributed by atoms with Crippen LogP contribution in [0, 0.1) is 6.92 Å². The second kappa shape index (κ2) is 13.5. The highest BCUT2D eigenvalue weighted by atomic mass is 19.4. The molecule has 2 aromatic carbocycles. The summed E-state index contributed by atoms with van der Waals surface area (Å²) in [4.78, 5) is 21.0. The molecule has 0 fully saturated rings. The minimum absolute atomic E-state index is 0.101. The van der Waals surface area contributed by atoms with E-state index in [2.05, 4.69) is 15.8 Å². The lowest BCUT2D eigenvalue weighted by molar-refractivity contribution is -0.192. The van der Waals surface area contributed by atoms with Gasteiger partial charge in [-0.15, -0.1) is 0 Å². The average Bonchev–Trinajstić information content (AvgIpc) is 3.32. The summed E-state index contributed by atoms with van der Waals surface area (Å²) in [5.41, 5.74) is 2.69. The third kappa shape index (κ3) is 9.79. The lowest BCUT2D eigenvalue weighted by Crippen LogP contribution is -2.26. The smallest absolute Gasteiger partial charge is 0.475 e. The number of benzene rings is 2. The highest BCUT2D eigenvalue weighted by molar-refractivity contribution is 5.76. The zero-order valence-electron chi connectivity index (χ0n) is 20.1. The monoisotopic (exact) mass is 545 g/mol. The molecule has 1 heterocycles. The number of carbonyl (C=O) groups is 2. The van der Waals surface area contributed by atoms with Gasteiger partial charge in [-0.25, -0.2) is 4.79 Å². The Morgan fingerprint density at radius 3 is 2.18 bits per heavy atom. The molecule has 0 atom stereocenters. The SMILES string of the molecule is Cc1ccccc1NCCCNC(=O)CCc1cnoc1-c1ccc(C(F)(F)F)cc1.O=C(O)C(F)(F)F. The number of anilines is 1. The molecule has 0 bridgehead atoms. The Labute approximate surface area is 213 Å². The molecule has 13 heteroatoms. The summed E-state index contributed by atoms with van der Waals surface area (Å²) in [7, 11) is 0. The summed E-state index contributed by atoms with van der Waals surface area (Å²) >= 11 is 0. The van der Waals surface area contributed by atoms with Crippen molar-refractivity contribution in [2.45, 2.75) is 38.5 Å². The number of aliphatic carboxylic acids is 1. The van der Waals surface area contributed by atoms with Crippen LogP contribution in [0.1, 0.15) is 29.5 Å². The third-order valence-corrected chi connectivity index (χ3v) is 5.12. The van der Waals surface area contributed by atoms with Crippen LogP contribution in [0.5, 0.6) is 0 Å². The molecule has 1 aromatic heterocycles. The van der Waals surface area contributed by atoms with Crippen LogP contribution in [0.15, 0.2) is 59.3 Å². The molecule has 0 aliphatic rings. The molecule has 206 valence electrons. The Morgan fingerprint density at radius 2 is 1.61 bits per heavy atom. The van der Waals surface area contributed by atoms with Crippen LogP contribution in [0.2, 0.25) is 0 Å². The first-order valence-electron chi connectivity index (χ1n) is 11.3. The van der Waals surface area contributed by atoms with Gasteiger partial charge >= 0.3 is 18.3 Å². The summed E-state index contributed by atoms with van der Waals surface area (Å²) in [6.45, 7) is 3.33. The van der Waals surface area contributed by atoms with Gasteiger partial charge in [0.1, 0.15) is 0 Å². The molecule has 1 amide bonds. The van der Waals surface area contributed by atoms with E-state index in [1.807, 2.05) is 31.2 Å². The summed E-state index contributed by atoms with van der Waals surface area (Å²) in [6, 6.07) is 12.7. The number of carboxylic acid groups (broad SMARTS) is 1. The average molecular weight is 545 g/mol. The van der Waals surface area contributed by atoms with Crippen LogP contribution >= 0.6 is 0 Å². The molecule has 0 saturated carbocycles. The number of aromatic nitrogens is 1. The molecule has 7 nitrogen and oxygen atoms in total. The zero-order chi connectivity index (χ0) is 28.3. The number of hydrogen-bond acceptors (Lipinski definition) is 5. The van der Waals surface area contributed by atoms with Gasteiger partial charge in [-0.05, 0) is 43.5 Å². The number of nitrogens with one attached hydrogen (secondary N) is 2. The first kappa shape index (κ1) is 30.2. The van der Waals surface area contributed by atoms with Crippen molar-refractivity contribution in [3.63, 3.8) is 0 Å². The molecule has 0 aliphatic carbocycles. The number of alkyl halides is 6.